The number of ether oxygens (including phenoxy) is 1. The molecule has 2 amide bonds. The van der Waals surface area contributed by atoms with Crippen LogP contribution in [0.3, 0.4) is 0 Å². The molecule has 1 aromatic carbocycles. The molecule has 1 aromatic heterocycles. The number of rotatable bonds is 5. The van der Waals surface area contributed by atoms with Crippen LogP contribution in [-0.2, 0) is 14.3 Å². The minimum absolute atomic E-state index is 0.115. The molecule has 0 unspecified atom stereocenters. The van der Waals surface area contributed by atoms with Crippen LogP contribution in [0.1, 0.15) is 26.5 Å². The number of Topliss-reactive ketones (excluding diaryl/α,β-unsaturated/α-hetero) is 1. The molecule has 3 fully saturated rings. The maximum absolute atomic E-state index is 13.4. The van der Waals surface area contributed by atoms with Crippen LogP contribution >= 0.6 is 11.3 Å². The van der Waals surface area contributed by atoms with Gasteiger partial charge < -0.3 is 4.74 Å². The lowest BCUT2D eigenvalue weighted by atomic mass is 9.63. The summed E-state index contributed by atoms with van der Waals surface area (Å²) in [6, 6.07) is 9.90. The van der Waals surface area contributed by atoms with Crippen LogP contribution in [0.25, 0.3) is 0 Å². The van der Waals surface area contributed by atoms with E-state index in [2.05, 4.69) is 12.2 Å². The normalized spacial score (nSPS) is 32.1. The van der Waals surface area contributed by atoms with E-state index in [1.807, 2.05) is 0 Å². The second-order valence-corrected chi connectivity index (χ2v) is 9.61. The Bertz CT molecular complexity index is 1120. The topological polar surface area (TPSA) is 80.8 Å². The van der Waals surface area contributed by atoms with Gasteiger partial charge in [0.15, 0.2) is 6.61 Å². The number of benzene rings is 1. The Kier molecular flexibility index (Phi) is 4.05. The molecule has 2 bridgehead atoms. The number of ketones is 1. The predicted molar refractivity (Wildman–Crippen MR) is 113 cm³/mol. The summed E-state index contributed by atoms with van der Waals surface area (Å²) in [4.78, 5) is 53.4. The third-order valence-electron chi connectivity index (χ3n) is 7.16. The van der Waals surface area contributed by atoms with Crippen molar-refractivity contribution in [1.82, 2.24) is 0 Å². The van der Waals surface area contributed by atoms with Gasteiger partial charge in [0.2, 0.25) is 17.6 Å². The number of hydrogen-bond acceptors (Lipinski definition) is 6. The molecule has 0 radical (unpaired) electrons. The number of carbonyl (C=O) groups is 4. The number of carbonyl (C=O) groups excluding carboxylic acids is 4. The molecule has 156 valence electrons. The molecule has 31 heavy (non-hydrogen) atoms. The van der Waals surface area contributed by atoms with Crippen molar-refractivity contribution >= 4 is 40.6 Å². The van der Waals surface area contributed by atoms with E-state index >= 15 is 0 Å². The lowest BCUT2D eigenvalue weighted by molar-refractivity contribution is -0.124. The summed E-state index contributed by atoms with van der Waals surface area (Å²) in [6.07, 6.45) is 5.33. The van der Waals surface area contributed by atoms with E-state index in [-0.39, 0.29) is 52.5 Å². The van der Waals surface area contributed by atoms with Crippen molar-refractivity contribution in [2.45, 2.75) is 6.42 Å². The van der Waals surface area contributed by atoms with Gasteiger partial charge in [0.05, 0.1) is 28.0 Å². The fourth-order valence-corrected chi connectivity index (χ4v) is 6.40. The first-order chi connectivity index (χ1) is 15.1. The SMILES string of the molecule is O=C(COC(=O)c1ccccc1N1C(=O)[C@H]2[C@@H]3C=C[C@H]([C@H]4C[C@H]34)[C@@H]2C1=O)c1cccs1. The molecule has 7 rings (SSSR count). The molecule has 0 N–H and O–H groups in total. The van der Waals surface area contributed by atoms with Crippen LogP contribution in [-0.4, -0.2) is 30.2 Å². The van der Waals surface area contributed by atoms with Crippen molar-refractivity contribution < 1.29 is 23.9 Å². The molecule has 2 saturated carbocycles. The molecular formula is C24H19NO5S. The Balaban J connectivity index is 1.27. The molecule has 6 atom stereocenters. The first-order valence-electron chi connectivity index (χ1n) is 10.5. The summed E-state index contributed by atoms with van der Waals surface area (Å²) in [5, 5.41) is 1.78. The third-order valence-corrected chi connectivity index (χ3v) is 8.07. The van der Waals surface area contributed by atoms with Crippen molar-refractivity contribution in [3.63, 3.8) is 0 Å². The van der Waals surface area contributed by atoms with Crippen LogP contribution < -0.4 is 4.90 Å². The first kappa shape index (κ1) is 18.7. The average Bonchev–Trinajstić information content (AvgIpc) is 3.36. The van der Waals surface area contributed by atoms with Crippen molar-refractivity contribution in [2.24, 2.45) is 35.5 Å². The lowest BCUT2D eigenvalue weighted by Gasteiger charge is -2.37. The monoisotopic (exact) mass is 433 g/mol. The smallest absolute Gasteiger partial charge is 0.340 e. The Morgan fingerprint density at radius 2 is 1.65 bits per heavy atom. The largest absolute Gasteiger partial charge is 0.454 e. The molecule has 6 nitrogen and oxygen atoms in total. The van der Waals surface area contributed by atoms with E-state index in [0.29, 0.717) is 16.7 Å². The quantitative estimate of drug-likeness (QED) is 0.313. The maximum atomic E-state index is 13.4. The van der Waals surface area contributed by atoms with Crippen molar-refractivity contribution in [3.8, 4) is 0 Å². The number of nitrogens with zero attached hydrogens (tertiary/aromatic N) is 1. The Morgan fingerprint density at radius 3 is 2.29 bits per heavy atom. The zero-order valence-corrected chi connectivity index (χ0v) is 17.3. The van der Waals surface area contributed by atoms with Crippen LogP contribution in [0, 0.1) is 35.5 Å². The van der Waals surface area contributed by atoms with Gasteiger partial charge in [-0.1, -0.05) is 30.4 Å². The number of imide groups is 1. The third kappa shape index (κ3) is 2.69. The van der Waals surface area contributed by atoms with Gasteiger partial charge in [-0.05, 0) is 53.7 Å². The second-order valence-electron chi connectivity index (χ2n) is 8.66. The fraction of sp³-hybridized carbons (Fsp3) is 0.333. The van der Waals surface area contributed by atoms with Crippen molar-refractivity contribution in [3.05, 3.63) is 64.4 Å². The maximum Gasteiger partial charge on any atom is 0.340 e. The fourth-order valence-electron chi connectivity index (χ4n) is 5.75. The first-order valence-corrected chi connectivity index (χ1v) is 11.3. The number of anilines is 1. The van der Waals surface area contributed by atoms with E-state index in [1.54, 1.807) is 35.7 Å². The number of amides is 2. The molecule has 5 aliphatic rings. The van der Waals surface area contributed by atoms with E-state index in [1.165, 1.54) is 22.3 Å². The minimum Gasteiger partial charge on any atom is -0.454 e. The number of para-hydroxylation sites is 1. The van der Waals surface area contributed by atoms with Crippen LogP contribution in [0.15, 0.2) is 53.9 Å². The molecule has 7 heteroatoms. The van der Waals surface area contributed by atoms with Crippen molar-refractivity contribution in [1.29, 1.82) is 0 Å². The standard InChI is InChI=1S/C24H19NO5S/c26-18(19-6-3-9-31-19)11-30-24(29)14-4-1-2-5-17(14)25-22(27)20-12-7-8-13(16-10-15(12)16)21(20)23(25)28/h1-9,12-13,15-16,20-21H,10-11H2/t12-,13-,15-,16-,20+,21+/m1/s1. The Hall–Kier alpha value is -3.06. The molecule has 1 saturated heterocycles. The van der Waals surface area contributed by atoms with E-state index in [4.69, 9.17) is 4.74 Å². The Labute approximate surface area is 182 Å². The highest BCUT2D eigenvalue weighted by molar-refractivity contribution is 7.12. The Morgan fingerprint density at radius 1 is 0.968 bits per heavy atom. The molecule has 2 heterocycles. The summed E-state index contributed by atoms with van der Waals surface area (Å²) < 4.78 is 5.24. The van der Waals surface area contributed by atoms with Crippen molar-refractivity contribution in [2.75, 3.05) is 11.5 Å². The summed E-state index contributed by atoms with van der Waals surface area (Å²) in [6.45, 7) is -0.391. The van der Waals surface area contributed by atoms with Gasteiger partial charge in [-0.3, -0.25) is 14.4 Å². The highest BCUT2D eigenvalue weighted by Gasteiger charge is 2.67. The lowest BCUT2D eigenvalue weighted by Crippen LogP contribution is -2.40. The minimum atomic E-state index is -0.722. The molecule has 4 aliphatic carbocycles. The number of esters is 1. The van der Waals surface area contributed by atoms with Gasteiger partial charge in [0, 0.05) is 0 Å². The van der Waals surface area contributed by atoms with Crippen LogP contribution in [0.4, 0.5) is 5.69 Å². The predicted octanol–water partition coefficient (Wildman–Crippen LogP) is 3.35. The van der Waals surface area contributed by atoms with E-state index < -0.39 is 12.6 Å². The van der Waals surface area contributed by atoms with Gasteiger partial charge >= 0.3 is 5.97 Å². The molecule has 0 spiro atoms. The van der Waals surface area contributed by atoms with Crippen LogP contribution in [0.5, 0.6) is 0 Å². The number of allylic oxidation sites excluding steroid dienone is 2. The average molecular weight is 433 g/mol. The summed E-state index contributed by atoms with van der Waals surface area (Å²) in [5.74, 6) is -0.890. The second kappa shape index (κ2) is 6.72. The van der Waals surface area contributed by atoms with Gasteiger partial charge in [-0.25, -0.2) is 9.69 Å². The van der Waals surface area contributed by atoms with Gasteiger partial charge in [0.1, 0.15) is 0 Å². The zero-order valence-electron chi connectivity index (χ0n) is 16.5. The zero-order chi connectivity index (χ0) is 21.3. The highest BCUT2D eigenvalue weighted by Crippen LogP contribution is 2.65. The van der Waals surface area contributed by atoms with E-state index in [0.717, 1.165) is 6.42 Å². The van der Waals surface area contributed by atoms with Gasteiger partial charge in [0.25, 0.3) is 0 Å². The molecule has 2 aromatic rings. The number of hydrogen-bond donors (Lipinski definition) is 0. The number of thiophene rings is 1. The van der Waals surface area contributed by atoms with Crippen LogP contribution in [0.2, 0.25) is 0 Å². The molecule has 1 aliphatic heterocycles. The summed E-state index contributed by atoms with van der Waals surface area (Å²) in [5.41, 5.74) is 0.362. The van der Waals surface area contributed by atoms with Gasteiger partial charge in [-0.2, -0.15) is 0 Å². The van der Waals surface area contributed by atoms with E-state index in [9.17, 15) is 19.2 Å². The van der Waals surface area contributed by atoms with Gasteiger partial charge in [-0.15, -0.1) is 11.3 Å². The molecular weight excluding hydrogens is 414 g/mol. The summed E-state index contributed by atoms with van der Waals surface area (Å²) >= 11 is 1.28. The highest BCUT2D eigenvalue weighted by atomic mass is 32.1. The summed E-state index contributed by atoms with van der Waals surface area (Å²) in [7, 11) is 0.